The van der Waals surface area contributed by atoms with E-state index in [1.807, 2.05) is 6.92 Å². The van der Waals surface area contributed by atoms with Crippen molar-refractivity contribution in [3.8, 4) is 33.8 Å². The number of benzene rings is 2. The van der Waals surface area contributed by atoms with Gasteiger partial charge in [-0.2, -0.15) is 9.78 Å². The second kappa shape index (κ2) is 9.41. The van der Waals surface area contributed by atoms with Gasteiger partial charge in [-0.15, -0.1) is 0 Å². The number of aromatic amines is 1. The molecule has 10 nitrogen and oxygen atoms in total. The molecule has 0 atom stereocenters. The second-order valence-corrected chi connectivity index (χ2v) is 7.30. The lowest BCUT2D eigenvalue weighted by Crippen LogP contribution is -2.26. The van der Waals surface area contributed by atoms with Gasteiger partial charge in [0.25, 0.3) is 16.8 Å². The molecule has 2 aromatic heterocycles. The molecule has 2 N–H and O–H groups in total. The largest absolute Gasteiger partial charge is 0.497 e. The third-order valence-electron chi connectivity index (χ3n) is 5.17. The SMILES string of the molecule is CCNc1cc(-c2cccc(OC)c2)nn(-c2cc(-c3ccc[nH]c3=O)ccc2[N+](=O)[O-])c1=O. The molecular formula is C24H21N5O5. The standard InChI is InChI=1S/C24H21N5O5/c1-3-25-20-14-19(16-6-4-7-17(12-16)34-2)27-28(24(20)31)22-13-15(9-10-21(22)29(32)33)18-8-5-11-26-23(18)30/h4-14,25H,3H2,1-2H3,(H,26,30). The first-order chi connectivity index (χ1) is 16.4. The maximum absolute atomic E-state index is 13.3. The molecule has 34 heavy (non-hydrogen) atoms. The number of nitrogens with zero attached hydrogens (tertiary/aromatic N) is 3. The van der Waals surface area contributed by atoms with Crippen LogP contribution in [0, 0.1) is 10.1 Å². The summed E-state index contributed by atoms with van der Waals surface area (Å²) in [5.41, 5.74) is 0.716. The van der Waals surface area contributed by atoms with Crippen molar-refractivity contribution in [1.82, 2.24) is 14.8 Å². The van der Waals surface area contributed by atoms with E-state index in [-0.39, 0.29) is 22.6 Å². The first-order valence-corrected chi connectivity index (χ1v) is 10.4. The molecule has 0 unspecified atom stereocenters. The van der Waals surface area contributed by atoms with E-state index in [9.17, 15) is 19.7 Å². The highest BCUT2D eigenvalue weighted by Gasteiger charge is 2.21. The van der Waals surface area contributed by atoms with E-state index in [1.54, 1.807) is 42.5 Å². The molecule has 0 saturated carbocycles. The van der Waals surface area contributed by atoms with Crippen LogP contribution < -0.4 is 21.2 Å². The summed E-state index contributed by atoms with van der Waals surface area (Å²) in [5, 5.41) is 19.3. The first kappa shape index (κ1) is 22.5. The summed E-state index contributed by atoms with van der Waals surface area (Å²) in [7, 11) is 1.54. The Balaban J connectivity index is 2.00. The highest BCUT2D eigenvalue weighted by atomic mass is 16.6. The zero-order valence-electron chi connectivity index (χ0n) is 18.4. The molecule has 2 aromatic carbocycles. The van der Waals surface area contributed by atoms with Crippen LogP contribution in [-0.2, 0) is 0 Å². The van der Waals surface area contributed by atoms with E-state index in [0.29, 0.717) is 34.7 Å². The van der Waals surface area contributed by atoms with Gasteiger partial charge in [-0.25, -0.2) is 0 Å². The third kappa shape index (κ3) is 4.29. The molecule has 0 fully saturated rings. The third-order valence-corrected chi connectivity index (χ3v) is 5.17. The van der Waals surface area contributed by atoms with Gasteiger partial charge in [0.2, 0.25) is 0 Å². The Bertz CT molecular complexity index is 1490. The van der Waals surface area contributed by atoms with Crippen LogP contribution in [0.25, 0.3) is 28.1 Å². The maximum atomic E-state index is 13.3. The van der Waals surface area contributed by atoms with Crippen LogP contribution in [0.2, 0.25) is 0 Å². The van der Waals surface area contributed by atoms with Gasteiger partial charge in [0.05, 0.1) is 17.7 Å². The highest BCUT2D eigenvalue weighted by Crippen LogP contribution is 2.29. The van der Waals surface area contributed by atoms with Crippen molar-refractivity contribution in [2.45, 2.75) is 6.92 Å². The van der Waals surface area contributed by atoms with Gasteiger partial charge in [0.15, 0.2) is 0 Å². The Morgan fingerprint density at radius 3 is 2.62 bits per heavy atom. The Hall–Kier alpha value is -4.73. The zero-order valence-corrected chi connectivity index (χ0v) is 18.4. The summed E-state index contributed by atoms with van der Waals surface area (Å²) in [4.78, 5) is 39.4. The number of nitro benzene ring substituents is 1. The van der Waals surface area contributed by atoms with Crippen molar-refractivity contribution < 1.29 is 9.66 Å². The van der Waals surface area contributed by atoms with Gasteiger partial charge >= 0.3 is 0 Å². The fraction of sp³-hybridized carbons (Fsp3) is 0.125. The van der Waals surface area contributed by atoms with Crippen molar-refractivity contribution in [2.75, 3.05) is 19.0 Å². The van der Waals surface area contributed by atoms with Gasteiger partial charge in [-0.3, -0.25) is 19.7 Å². The normalized spacial score (nSPS) is 10.6. The van der Waals surface area contributed by atoms with E-state index in [2.05, 4.69) is 15.4 Å². The van der Waals surface area contributed by atoms with Crippen LogP contribution >= 0.6 is 0 Å². The average Bonchev–Trinajstić information content (AvgIpc) is 2.85. The number of H-pyrrole nitrogens is 1. The summed E-state index contributed by atoms with van der Waals surface area (Å²) in [6.45, 7) is 2.29. The molecule has 10 heteroatoms. The Morgan fingerprint density at radius 2 is 1.91 bits per heavy atom. The van der Waals surface area contributed by atoms with E-state index in [4.69, 9.17) is 4.74 Å². The number of rotatable bonds is 7. The number of hydrogen-bond donors (Lipinski definition) is 2. The van der Waals surface area contributed by atoms with Gasteiger partial charge in [-0.05, 0) is 55.0 Å². The Morgan fingerprint density at radius 1 is 1.09 bits per heavy atom. The fourth-order valence-corrected chi connectivity index (χ4v) is 3.56. The summed E-state index contributed by atoms with van der Waals surface area (Å²) in [6.07, 6.45) is 1.49. The number of methoxy groups -OCH3 is 1. The van der Waals surface area contributed by atoms with Crippen LogP contribution in [0.15, 0.2) is 76.4 Å². The molecule has 0 aliphatic carbocycles. The smallest absolute Gasteiger partial charge is 0.295 e. The number of nitro groups is 1. The van der Waals surface area contributed by atoms with Crippen molar-refractivity contribution in [3.63, 3.8) is 0 Å². The van der Waals surface area contributed by atoms with Crippen LogP contribution in [0.4, 0.5) is 11.4 Å². The lowest BCUT2D eigenvalue weighted by molar-refractivity contribution is -0.384. The van der Waals surface area contributed by atoms with E-state index >= 15 is 0 Å². The van der Waals surface area contributed by atoms with Gasteiger partial charge in [0.1, 0.15) is 17.1 Å². The van der Waals surface area contributed by atoms with E-state index in [1.165, 1.54) is 31.5 Å². The molecule has 0 bridgehead atoms. The minimum Gasteiger partial charge on any atom is -0.497 e. The molecule has 0 saturated heterocycles. The Labute approximate surface area is 193 Å². The van der Waals surface area contributed by atoms with Crippen molar-refractivity contribution >= 4 is 11.4 Å². The number of pyridine rings is 1. The molecule has 4 aromatic rings. The molecule has 0 aliphatic rings. The zero-order chi connectivity index (χ0) is 24.2. The average molecular weight is 459 g/mol. The number of anilines is 1. The molecular weight excluding hydrogens is 438 g/mol. The van der Waals surface area contributed by atoms with Crippen LogP contribution in [0.3, 0.4) is 0 Å². The van der Waals surface area contributed by atoms with Crippen LogP contribution in [0.1, 0.15) is 6.92 Å². The van der Waals surface area contributed by atoms with Crippen molar-refractivity contribution in [3.05, 3.63) is 97.7 Å². The summed E-state index contributed by atoms with van der Waals surface area (Å²) >= 11 is 0. The maximum Gasteiger partial charge on any atom is 0.295 e. The number of aromatic nitrogens is 3. The van der Waals surface area contributed by atoms with Crippen molar-refractivity contribution in [1.29, 1.82) is 0 Å². The lowest BCUT2D eigenvalue weighted by atomic mass is 10.1. The second-order valence-electron chi connectivity index (χ2n) is 7.30. The van der Waals surface area contributed by atoms with Gasteiger partial charge < -0.3 is 15.0 Å². The number of hydrogen-bond acceptors (Lipinski definition) is 7. The molecule has 0 aliphatic heterocycles. The topological polar surface area (TPSA) is 132 Å². The predicted octanol–water partition coefficient (Wildman–Crippen LogP) is 3.60. The minimum absolute atomic E-state index is 0.0559. The number of nitrogens with one attached hydrogen (secondary N) is 2. The molecule has 4 rings (SSSR count). The first-order valence-electron chi connectivity index (χ1n) is 10.4. The monoisotopic (exact) mass is 459 g/mol. The quantitative estimate of drug-likeness (QED) is 0.319. The molecule has 0 radical (unpaired) electrons. The summed E-state index contributed by atoms with van der Waals surface area (Å²) in [5.74, 6) is 0.596. The predicted molar refractivity (Wildman–Crippen MR) is 129 cm³/mol. The molecule has 2 heterocycles. The Kier molecular flexibility index (Phi) is 6.22. The summed E-state index contributed by atoms with van der Waals surface area (Å²) < 4.78 is 6.28. The van der Waals surface area contributed by atoms with Crippen LogP contribution in [-0.4, -0.2) is 33.3 Å². The van der Waals surface area contributed by atoms with E-state index < -0.39 is 10.5 Å². The lowest BCUT2D eigenvalue weighted by Gasteiger charge is -2.13. The molecule has 0 amide bonds. The number of ether oxygens (including phenoxy) is 1. The fourth-order valence-electron chi connectivity index (χ4n) is 3.56. The van der Waals surface area contributed by atoms with Crippen LogP contribution in [0.5, 0.6) is 5.75 Å². The van der Waals surface area contributed by atoms with E-state index in [0.717, 1.165) is 4.68 Å². The van der Waals surface area contributed by atoms with Crippen molar-refractivity contribution in [2.24, 2.45) is 0 Å². The minimum atomic E-state index is -0.590. The molecule has 172 valence electrons. The van der Waals surface area contributed by atoms with Gasteiger partial charge in [0, 0.05) is 29.9 Å². The van der Waals surface area contributed by atoms with Gasteiger partial charge in [-0.1, -0.05) is 12.1 Å². The highest BCUT2D eigenvalue weighted by molar-refractivity contribution is 5.71. The summed E-state index contributed by atoms with van der Waals surface area (Å²) in [6, 6.07) is 16.1. The molecule has 0 spiro atoms.